The van der Waals surface area contributed by atoms with Crippen LogP contribution in [0.1, 0.15) is 6.92 Å². The highest BCUT2D eigenvalue weighted by Gasteiger charge is 2.17. The minimum absolute atomic E-state index is 0.166. The van der Waals surface area contributed by atoms with Gasteiger partial charge in [0.15, 0.2) is 5.16 Å². The lowest BCUT2D eigenvalue weighted by molar-refractivity contribution is -0.115. The summed E-state index contributed by atoms with van der Waals surface area (Å²) < 4.78 is 13.0. The molecular weight excluding hydrogens is 337 g/mol. The number of carbonyl (C=O) groups excluding carboxylic acids is 1. The first-order valence-electron chi connectivity index (χ1n) is 6.90. The van der Waals surface area contributed by atoms with E-state index in [0.717, 1.165) is 17.1 Å². The first kappa shape index (κ1) is 15.8. The number of para-hydroxylation sites is 2. The number of imidazole rings is 1. The predicted octanol–water partition coefficient (Wildman–Crippen LogP) is 4.47. The Hall–Kier alpha value is -2.05. The smallest absolute Gasteiger partial charge is 0.237 e. The SMILES string of the molecule is CC(Sc1nc2ccccc2[nH]1)C(=O)Nc1ccc(F)cc1Cl. The van der Waals surface area contributed by atoms with Crippen molar-refractivity contribution < 1.29 is 9.18 Å². The van der Waals surface area contributed by atoms with Crippen molar-refractivity contribution in [1.82, 2.24) is 9.97 Å². The first-order chi connectivity index (χ1) is 11.0. The zero-order valence-electron chi connectivity index (χ0n) is 12.1. The summed E-state index contributed by atoms with van der Waals surface area (Å²) >= 11 is 7.22. The quantitative estimate of drug-likeness (QED) is 0.683. The zero-order chi connectivity index (χ0) is 16.4. The number of carbonyl (C=O) groups is 1. The molecule has 0 aliphatic carbocycles. The number of H-pyrrole nitrogens is 1. The lowest BCUT2D eigenvalue weighted by Gasteiger charge is -2.11. The number of hydrogen-bond donors (Lipinski definition) is 2. The topological polar surface area (TPSA) is 57.8 Å². The van der Waals surface area contributed by atoms with Crippen LogP contribution in [-0.4, -0.2) is 21.1 Å². The fraction of sp³-hybridized carbons (Fsp3) is 0.125. The van der Waals surface area contributed by atoms with Crippen molar-refractivity contribution in [2.24, 2.45) is 0 Å². The Labute approximate surface area is 141 Å². The lowest BCUT2D eigenvalue weighted by Crippen LogP contribution is -2.22. The van der Waals surface area contributed by atoms with E-state index >= 15 is 0 Å². The van der Waals surface area contributed by atoms with Crippen LogP contribution in [0.25, 0.3) is 11.0 Å². The molecule has 0 fully saturated rings. The summed E-state index contributed by atoms with van der Waals surface area (Å²) in [5.74, 6) is -0.679. The van der Waals surface area contributed by atoms with E-state index in [1.807, 2.05) is 24.3 Å². The second-order valence-electron chi connectivity index (χ2n) is 4.93. The van der Waals surface area contributed by atoms with Gasteiger partial charge in [0, 0.05) is 0 Å². The average Bonchev–Trinajstić information content (AvgIpc) is 2.92. The zero-order valence-corrected chi connectivity index (χ0v) is 13.7. The molecule has 1 atom stereocenters. The predicted molar refractivity (Wildman–Crippen MR) is 91.5 cm³/mol. The molecule has 0 saturated carbocycles. The lowest BCUT2D eigenvalue weighted by atomic mass is 10.3. The minimum Gasteiger partial charge on any atom is -0.333 e. The Bertz CT molecular complexity index is 834. The van der Waals surface area contributed by atoms with Gasteiger partial charge in [-0.3, -0.25) is 4.79 Å². The molecule has 0 bridgehead atoms. The number of hydrogen-bond acceptors (Lipinski definition) is 3. The number of amides is 1. The highest BCUT2D eigenvalue weighted by molar-refractivity contribution is 8.00. The number of rotatable bonds is 4. The molecule has 2 aromatic carbocycles. The number of thioether (sulfide) groups is 1. The van der Waals surface area contributed by atoms with Crippen molar-refractivity contribution in [2.45, 2.75) is 17.3 Å². The molecule has 0 saturated heterocycles. The molecule has 0 aliphatic rings. The fourth-order valence-corrected chi connectivity index (χ4v) is 3.07. The van der Waals surface area contributed by atoms with E-state index in [1.165, 1.54) is 23.9 Å². The van der Waals surface area contributed by atoms with Crippen molar-refractivity contribution >= 4 is 46.0 Å². The van der Waals surface area contributed by atoms with Crippen LogP contribution in [0.15, 0.2) is 47.6 Å². The Morgan fingerprint density at radius 2 is 2.13 bits per heavy atom. The molecule has 118 valence electrons. The maximum Gasteiger partial charge on any atom is 0.237 e. The number of aromatic amines is 1. The van der Waals surface area contributed by atoms with Gasteiger partial charge in [0.2, 0.25) is 5.91 Å². The Kier molecular flexibility index (Phi) is 4.54. The van der Waals surface area contributed by atoms with Crippen molar-refractivity contribution in [3.63, 3.8) is 0 Å². The van der Waals surface area contributed by atoms with Crippen LogP contribution in [0.5, 0.6) is 0 Å². The first-order valence-corrected chi connectivity index (χ1v) is 8.16. The maximum absolute atomic E-state index is 13.0. The molecule has 0 spiro atoms. The molecular formula is C16H13ClFN3OS. The third-order valence-corrected chi connectivity index (χ3v) is 4.51. The molecule has 3 rings (SSSR count). The molecule has 23 heavy (non-hydrogen) atoms. The summed E-state index contributed by atoms with van der Waals surface area (Å²) in [6.45, 7) is 1.77. The molecule has 0 radical (unpaired) electrons. The highest BCUT2D eigenvalue weighted by Crippen LogP contribution is 2.26. The molecule has 0 aliphatic heterocycles. The summed E-state index contributed by atoms with van der Waals surface area (Å²) in [6, 6.07) is 11.5. The highest BCUT2D eigenvalue weighted by atomic mass is 35.5. The van der Waals surface area contributed by atoms with Crippen LogP contribution in [-0.2, 0) is 4.79 Å². The van der Waals surface area contributed by atoms with E-state index in [0.29, 0.717) is 10.8 Å². The molecule has 1 unspecified atom stereocenters. The van der Waals surface area contributed by atoms with E-state index in [9.17, 15) is 9.18 Å². The number of anilines is 1. The van der Waals surface area contributed by atoms with Gasteiger partial charge in [-0.2, -0.15) is 0 Å². The second-order valence-corrected chi connectivity index (χ2v) is 6.67. The van der Waals surface area contributed by atoms with Gasteiger partial charge in [-0.25, -0.2) is 9.37 Å². The van der Waals surface area contributed by atoms with Crippen molar-refractivity contribution in [2.75, 3.05) is 5.32 Å². The number of aromatic nitrogens is 2. The van der Waals surface area contributed by atoms with Crippen LogP contribution in [0, 0.1) is 5.82 Å². The van der Waals surface area contributed by atoms with Crippen LogP contribution in [0.2, 0.25) is 5.02 Å². The molecule has 1 heterocycles. The van der Waals surface area contributed by atoms with Crippen molar-refractivity contribution in [3.8, 4) is 0 Å². The van der Waals surface area contributed by atoms with Crippen LogP contribution in [0.4, 0.5) is 10.1 Å². The van der Waals surface area contributed by atoms with E-state index in [2.05, 4.69) is 15.3 Å². The van der Waals surface area contributed by atoms with Gasteiger partial charge in [0.05, 0.1) is 27.0 Å². The van der Waals surface area contributed by atoms with Gasteiger partial charge < -0.3 is 10.3 Å². The van der Waals surface area contributed by atoms with E-state index in [-0.39, 0.29) is 10.9 Å². The summed E-state index contributed by atoms with van der Waals surface area (Å²) in [6.07, 6.45) is 0. The molecule has 1 amide bonds. The van der Waals surface area contributed by atoms with Crippen LogP contribution < -0.4 is 5.32 Å². The molecule has 1 aromatic heterocycles. The third kappa shape index (κ3) is 3.65. The Balaban J connectivity index is 1.69. The molecule has 3 aromatic rings. The number of nitrogens with zero attached hydrogens (tertiary/aromatic N) is 1. The van der Waals surface area contributed by atoms with Crippen LogP contribution in [0.3, 0.4) is 0 Å². The van der Waals surface area contributed by atoms with Crippen molar-refractivity contribution in [1.29, 1.82) is 0 Å². The average molecular weight is 350 g/mol. The summed E-state index contributed by atoms with van der Waals surface area (Å²) in [5, 5.41) is 3.13. The summed E-state index contributed by atoms with van der Waals surface area (Å²) in [5.41, 5.74) is 2.16. The van der Waals surface area contributed by atoms with E-state index in [4.69, 9.17) is 11.6 Å². The van der Waals surface area contributed by atoms with Gasteiger partial charge in [-0.1, -0.05) is 35.5 Å². The third-order valence-electron chi connectivity index (χ3n) is 3.21. The van der Waals surface area contributed by atoms with E-state index < -0.39 is 11.1 Å². The monoisotopic (exact) mass is 349 g/mol. The molecule has 4 nitrogen and oxygen atoms in total. The number of benzene rings is 2. The second kappa shape index (κ2) is 6.60. The Morgan fingerprint density at radius 3 is 2.87 bits per heavy atom. The van der Waals surface area contributed by atoms with E-state index in [1.54, 1.807) is 6.92 Å². The van der Waals surface area contributed by atoms with Gasteiger partial charge in [-0.05, 0) is 37.3 Å². The summed E-state index contributed by atoms with van der Waals surface area (Å²) in [4.78, 5) is 19.8. The largest absolute Gasteiger partial charge is 0.333 e. The normalized spacial score (nSPS) is 12.3. The number of nitrogens with one attached hydrogen (secondary N) is 2. The standard InChI is InChI=1S/C16H13ClFN3OS/c1-9(15(22)19-12-7-6-10(18)8-11(12)17)23-16-20-13-4-2-3-5-14(13)21-16/h2-9H,1H3,(H,19,22)(H,20,21). The van der Waals surface area contributed by atoms with Gasteiger partial charge in [-0.15, -0.1) is 0 Å². The minimum atomic E-state index is -0.447. The fourth-order valence-electron chi connectivity index (χ4n) is 2.03. The molecule has 7 heteroatoms. The number of fused-ring (bicyclic) bond motifs is 1. The van der Waals surface area contributed by atoms with Crippen LogP contribution >= 0.6 is 23.4 Å². The number of halogens is 2. The van der Waals surface area contributed by atoms with Gasteiger partial charge in [0.25, 0.3) is 0 Å². The molecule has 2 N–H and O–H groups in total. The summed E-state index contributed by atoms with van der Waals surface area (Å²) in [7, 11) is 0. The Morgan fingerprint density at radius 1 is 1.35 bits per heavy atom. The van der Waals surface area contributed by atoms with Gasteiger partial charge >= 0.3 is 0 Å². The van der Waals surface area contributed by atoms with Gasteiger partial charge in [0.1, 0.15) is 5.82 Å². The maximum atomic E-state index is 13.0. The van der Waals surface area contributed by atoms with Crippen molar-refractivity contribution in [3.05, 3.63) is 53.3 Å².